The summed E-state index contributed by atoms with van der Waals surface area (Å²) in [5.41, 5.74) is 3.85. The molecule has 1 aromatic heterocycles. The summed E-state index contributed by atoms with van der Waals surface area (Å²) in [5, 5.41) is 0. The maximum atomic E-state index is 5.62. The number of hydrogen-bond donors (Lipinski definition) is 0. The molecule has 0 saturated heterocycles. The Balaban J connectivity index is 2.02. The molecule has 2 rings (SSSR count). The Morgan fingerprint density at radius 2 is 2.33 bits per heavy atom. The van der Waals surface area contributed by atoms with Crippen LogP contribution < -0.4 is 4.74 Å². The molecule has 1 aromatic carbocycles. The van der Waals surface area contributed by atoms with Crippen molar-refractivity contribution >= 4 is 21.6 Å². The zero-order valence-corrected chi connectivity index (χ0v) is 9.67. The van der Waals surface area contributed by atoms with E-state index in [1.807, 2.05) is 32.3 Å². The number of hydrogen-bond acceptors (Lipinski definition) is 4. The van der Waals surface area contributed by atoms with E-state index in [-0.39, 0.29) is 0 Å². The van der Waals surface area contributed by atoms with Gasteiger partial charge in [0, 0.05) is 6.54 Å². The van der Waals surface area contributed by atoms with Gasteiger partial charge in [0.1, 0.15) is 12.4 Å². The number of likely N-dealkylation sites (N-methyl/N-ethyl adjacent to an activating group) is 1. The maximum absolute atomic E-state index is 5.62. The summed E-state index contributed by atoms with van der Waals surface area (Å²) < 4.78 is 6.74. The van der Waals surface area contributed by atoms with Gasteiger partial charge >= 0.3 is 0 Å². The standard InChI is InChI=1S/C11H13N2OS/c1-13(2)5-6-14-9-3-4-10-11(7-9)15-8-12-10/h3-4,7H,5-6H2,1-2H3. The molecule has 0 bridgehead atoms. The molecule has 0 aliphatic heterocycles. The lowest BCUT2D eigenvalue weighted by Gasteiger charge is -2.10. The first-order valence-electron chi connectivity index (χ1n) is 4.80. The average Bonchev–Trinajstić information content (AvgIpc) is 2.64. The molecule has 2 aromatic rings. The van der Waals surface area contributed by atoms with E-state index in [9.17, 15) is 0 Å². The van der Waals surface area contributed by atoms with Crippen molar-refractivity contribution in [3.63, 3.8) is 0 Å². The van der Waals surface area contributed by atoms with Crippen LogP contribution in [0.15, 0.2) is 18.2 Å². The summed E-state index contributed by atoms with van der Waals surface area (Å²) in [5.74, 6) is 0.905. The largest absolute Gasteiger partial charge is 0.492 e. The van der Waals surface area contributed by atoms with Crippen molar-refractivity contribution in [3.8, 4) is 5.75 Å². The van der Waals surface area contributed by atoms with Gasteiger partial charge in [0.05, 0.1) is 10.2 Å². The predicted molar refractivity (Wildman–Crippen MR) is 62.5 cm³/mol. The molecular formula is C11H13N2OS. The van der Waals surface area contributed by atoms with Gasteiger partial charge in [-0.25, -0.2) is 4.98 Å². The van der Waals surface area contributed by atoms with E-state index in [2.05, 4.69) is 15.4 Å². The van der Waals surface area contributed by atoms with Gasteiger partial charge in [-0.3, -0.25) is 0 Å². The van der Waals surface area contributed by atoms with Crippen LogP contribution in [-0.4, -0.2) is 37.1 Å². The molecular weight excluding hydrogens is 208 g/mol. The number of nitrogens with zero attached hydrogens (tertiary/aromatic N) is 2. The number of benzene rings is 1. The highest BCUT2D eigenvalue weighted by Crippen LogP contribution is 2.22. The summed E-state index contributed by atoms with van der Waals surface area (Å²) in [6.45, 7) is 1.63. The summed E-state index contributed by atoms with van der Waals surface area (Å²) >= 11 is 1.51. The molecule has 0 spiro atoms. The molecule has 0 amide bonds. The van der Waals surface area contributed by atoms with Crippen molar-refractivity contribution in [1.82, 2.24) is 9.88 Å². The Kier molecular flexibility index (Phi) is 3.18. The fraction of sp³-hybridized carbons (Fsp3) is 0.364. The molecule has 79 valence electrons. The SMILES string of the molecule is CN(C)CCOc1ccc2n[c]sc2c1. The van der Waals surface area contributed by atoms with Crippen molar-refractivity contribution in [2.24, 2.45) is 0 Å². The lowest BCUT2D eigenvalue weighted by atomic mass is 10.3. The second-order valence-electron chi connectivity index (χ2n) is 3.59. The first kappa shape index (κ1) is 10.4. The molecule has 4 heteroatoms. The molecule has 0 aliphatic rings. The highest BCUT2D eigenvalue weighted by Gasteiger charge is 2.00. The molecule has 0 N–H and O–H groups in total. The first-order chi connectivity index (χ1) is 7.25. The third-order valence-corrected chi connectivity index (χ3v) is 2.79. The first-order valence-corrected chi connectivity index (χ1v) is 5.61. The normalized spacial score (nSPS) is 11.1. The van der Waals surface area contributed by atoms with E-state index in [0.717, 1.165) is 22.5 Å². The Hall–Kier alpha value is -1.13. The van der Waals surface area contributed by atoms with Crippen molar-refractivity contribution < 1.29 is 4.74 Å². The zero-order valence-electron chi connectivity index (χ0n) is 8.86. The van der Waals surface area contributed by atoms with Gasteiger partial charge in [0.15, 0.2) is 5.51 Å². The summed E-state index contributed by atoms with van der Waals surface area (Å²) in [4.78, 5) is 6.19. The maximum Gasteiger partial charge on any atom is 0.153 e. The fourth-order valence-electron chi connectivity index (χ4n) is 1.23. The molecule has 0 fully saturated rings. The summed E-state index contributed by atoms with van der Waals surface area (Å²) in [7, 11) is 4.06. The quantitative estimate of drug-likeness (QED) is 0.790. The third-order valence-electron chi connectivity index (χ3n) is 2.06. The number of fused-ring (bicyclic) bond motifs is 1. The monoisotopic (exact) mass is 221 g/mol. The van der Waals surface area contributed by atoms with Crippen LogP contribution in [0.1, 0.15) is 0 Å². The molecule has 0 aliphatic carbocycles. The van der Waals surface area contributed by atoms with Crippen LogP contribution in [0.4, 0.5) is 0 Å². The number of rotatable bonds is 4. The topological polar surface area (TPSA) is 25.4 Å². The van der Waals surface area contributed by atoms with Crippen LogP contribution >= 0.6 is 11.3 Å². The second-order valence-corrected chi connectivity index (χ2v) is 4.41. The summed E-state index contributed by atoms with van der Waals surface area (Å²) in [6.07, 6.45) is 0. The Labute approximate surface area is 93.3 Å². The lowest BCUT2D eigenvalue weighted by molar-refractivity contribution is 0.261. The minimum atomic E-state index is 0.709. The van der Waals surface area contributed by atoms with Crippen LogP contribution in [0.3, 0.4) is 0 Å². The van der Waals surface area contributed by atoms with Crippen molar-refractivity contribution in [2.45, 2.75) is 0 Å². The van der Waals surface area contributed by atoms with E-state index >= 15 is 0 Å². The minimum Gasteiger partial charge on any atom is -0.492 e. The van der Waals surface area contributed by atoms with Gasteiger partial charge in [-0.05, 0) is 32.3 Å². The molecule has 1 heterocycles. The van der Waals surface area contributed by atoms with Gasteiger partial charge in [-0.1, -0.05) is 0 Å². The second kappa shape index (κ2) is 4.59. The van der Waals surface area contributed by atoms with E-state index in [0.29, 0.717) is 6.61 Å². The van der Waals surface area contributed by atoms with Crippen molar-refractivity contribution in [2.75, 3.05) is 27.2 Å². The average molecular weight is 221 g/mol. The van der Waals surface area contributed by atoms with Crippen LogP contribution in [-0.2, 0) is 0 Å². The van der Waals surface area contributed by atoms with Gasteiger partial charge in [-0.15, -0.1) is 11.3 Å². The smallest absolute Gasteiger partial charge is 0.153 e. The zero-order chi connectivity index (χ0) is 10.7. The van der Waals surface area contributed by atoms with Gasteiger partial charge in [0.25, 0.3) is 0 Å². The van der Waals surface area contributed by atoms with Crippen molar-refractivity contribution in [3.05, 3.63) is 23.7 Å². The molecule has 0 atom stereocenters. The Morgan fingerprint density at radius 3 is 3.13 bits per heavy atom. The Bertz CT molecular complexity index is 439. The van der Waals surface area contributed by atoms with Gasteiger partial charge in [0.2, 0.25) is 0 Å². The molecule has 1 radical (unpaired) electrons. The van der Waals surface area contributed by atoms with Crippen LogP contribution in [0.25, 0.3) is 10.2 Å². The highest BCUT2D eigenvalue weighted by molar-refractivity contribution is 7.16. The van der Waals surface area contributed by atoms with Crippen molar-refractivity contribution in [1.29, 1.82) is 0 Å². The molecule has 0 unspecified atom stereocenters. The third kappa shape index (κ3) is 2.67. The number of thiazole rings is 1. The highest BCUT2D eigenvalue weighted by atomic mass is 32.1. The predicted octanol–water partition coefficient (Wildman–Crippen LogP) is 2.04. The molecule has 0 saturated carbocycles. The van der Waals surface area contributed by atoms with E-state index < -0.39 is 0 Å². The van der Waals surface area contributed by atoms with Gasteiger partial charge < -0.3 is 9.64 Å². The van der Waals surface area contributed by atoms with Gasteiger partial charge in [-0.2, -0.15) is 0 Å². The van der Waals surface area contributed by atoms with Crippen LogP contribution in [0, 0.1) is 5.51 Å². The van der Waals surface area contributed by atoms with Crippen LogP contribution in [0.2, 0.25) is 0 Å². The lowest BCUT2D eigenvalue weighted by Crippen LogP contribution is -2.19. The van der Waals surface area contributed by atoms with E-state index in [1.54, 1.807) is 0 Å². The molecule has 15 heavy (non-hydrogen) atoms. The molecule has 3 nitrogen and oxygen atoms in total. The Morgan fingerprint density at radius 1 is 1.47 bits per heavy atom. The summed E-state index contributed by atoms with van der Waals surface area (Å²) in [6, 6.07) is 5.93. The fourth-order valence-corrected chi connectivity index (χ4v) is 1.86. The minimum absolute atomic E-state index is 0.709. The van der Waals surface area contributed by atoms with E-state index in [4.69, 9.17) is 4.74 Å². The van der Waals surface area contributed by atoms with Crippen LogP contribution in [0.5, 0.6) is 5.75 Å². The van der Waals surface area contributed by atoms with E-state index in [1.165, 1.54) is 11.3 Å². The number of ether oxygens (including phenoxy) is 1. The number of aromatic nitrogens is 1.